The summed E-state index contributed by atoms with van der Waals surface area (Å²) >= 11 is 0. The first-order valence-corrected chi connectivity index (χ1v) is 8.10. The summed E-state index contributed by atoms with van der Waals surface area (Å²) in [5.41, 5.74) is 0. The van der Waals surface area contributed by atoms with E-state index in [1.807, 2.05) is 0 Å². The molecule has 16 heavy (non-hydrogen) atoms. The van der Waals surface area contributed by atoms with Crippen molar-refractivity contribution in [1.29, 1.82) is 0 Å². The fraction of sp³-hybridized carbons (Fsp3) is 0.900. The van der Waals surface area contributed by atoms with Gasteiger partial charge in [0.15, 0.2) is 0 Å². The average molecular weight is 252 g/mol. The highest BCUT2D eigenvalue weighted by Gasteiger charge is 2.15. The van der Waals surface area contributed by atoms with Crippen molar-refractivity contribution in [2.24, 2.45) is 0 Å². The van der Waals surface area contributed by atoms with Gasteiger partial charge >= 0.3 is 0 Å². The van der Waals surface area contributed by atoms with Gasteiger partial charge in [0.05, 0.1) is 20.0 Å². The second kappa shape index (κ2) is 8.74. The Morgan fingerprint density at radius 1 is 1.25 bits per heavy atom. The molecule has 0 aliphatic carbocycles. The van der Waals surface area contributed by atoms with E-state index in [9.17, 15) is 9.36 Å². The van der Waals surface area contributed by atoms with E-state index >= 15 is 0 Å². The van der Waals surface area contributed by atoms with Gasteiger partial charge in [-0.15, -0.1) is 0 Å². The lowest BCUT2D eigenvalue weighted by Crippen LogP contribution is -2.35. The molecule has 0 saturated carbocycles. The van der Waals surface area contributed by atoms with Crippen LogP contribution in [0.1, 0.15) is 20.3 Å². The summed E-state index contributed by atoms with van der Waals surface area (Å²) in [7, 11) is 0.832. The Morgan fingerprint density at radius 3 is 1.88 bits per heavy atom. The number of hydrogen-bond acceptors (Lipinski definition) is 4. The second-order valence-corrected chi connectivity index (χ2v) is 7.78. The van der Waals surface area contributed by atoms with Crippen molar-refractivity contribution >= 4 is 13.0 Å². The number of amides is 1. The van der Waals surface area contributed by atoms with E-state index < -0.39 is 13.0 Å². The number of nitrogens with zero attached hydrogens (tertiary/aromatic N) is 2. The number of rotatable bonds is 4. The van der Waals surface area contributed by atoms with E-state index in [1.165, 1.54) is 13.5 Å². The first kappa shape index (κ1) is 18.0. The fourth-order valence-corrected chi connectivity index (χ4v) is 2.23. The van der Waals surface area contributed by atoms with E-state index in [-0.39, 0.29) is 6.54 Å². The van der Waals surface area contributed by atoms with Crippen LogP contribution in [0.15, 0.2) is 0 Å². The predicted octanol–water partition coefficient (Wildman–Crippen LogP) is 1.76. The first-order valence-electron chi connectivity index (χ1n) is 5.32. The molecule has 0 aromatic heterocycles. The Balaban J connectivity index is 0. The molecule has 0 aliphatic rings. The SMILES string of the molecule is CCC.CN(CC(=O)N(C)O)CP(C)(C)=O. The molecule has 0 saturated heterocycles. The van der Waals surface area contributed by atoms with Crippen molar-refractivity contribution in [3.05, 3.63) is 0 Å². The van der Waals surface area contributed by atoms with Crippen molar-refractivity contribution in [2.45, 2.75) is 20.3 Å². The maximum Gasteiger partial charge on any atom is 0.259 e. The Labute approximate surface area is 98.7 Å². The van der Waals surface area contributed by atoms with Gasteiger partial charge in [0, 0.05) is 7.05 Å². The zero-order valence-electron chi connectivity index (χ0n) is 11.2. The second-order valence-electron chi connectivity index (χ2n) is 4.35. The molecule has 0 radical (unpaired) electrons. The van der Waals surface area contributed by atoms with Gasteiger partial charge in [-0.2, -0.15) is 0 Å². The van der Waals surface area contributed by atoms with Crippen molar-refractivity contribution in [3.63, 3.8) is 0 Å². The van der Waals surface area contributed by atoms with Crippen molar-refractivity contribution in [1.82, 2.24) is 9.96 Å². The van der Waals surface area contributed by atoms with E-state index in [2.05, 4.69) is 13.8 Å². The highest BCUT2D eigenvalue weighted by Crippen LogP contribution is 2.35. The average Bonchev–Trinajstić information content (AvgIpc) is 2.00. The molecule has 5 nitrogen and oxygen atoms in total. The molecular formula is C10H25N2O3P. The van der Waals surface area contributed by atoms with Gasteiger partial charge in [0.1, 0.15) is 0 Å². The lowest BCUT2D eigenvalue weighted by Gasteiger charge is -2.19. The van der Waals surface area contributed by atoms with Crippen LogP contribution in [0.2, 0.25) is 0 Å². The molecule has 1 N–H and O–H groups in total. The Bertz CT molecular complexity index is 238. The van der Waals surface area contributed by atoms with Gasteiger partial charge < -0.3 is 4.57 Å². The lowest BCUT2D eigenvalue weighted by atomic mass is 10.5. The molecule has 0 aliphatic heterocycles. The molecule has 6 heteroatoms. The smallest absolute Gasteiger partial charge is 0.259 e. The van der Waals surface area contributed by atoms with Crippen LogP contribution in [0.3, 0.4) is 0 Å². The molecule has 1 amide bonds. The maximum absolute atomic E-state index is 11.3. The highest BCUT2D eigenvalue weighted by atomic mass is 31.2. The number of carbonyl (C=O) groups is 1. The zero-order valence-corrected chi connectivity index (χ0v) is 12.1. The standard InChI is InChI=1S/C7H17N2O3P.C3H8/c1-8(6-13(3,4)12)5-7(10)9(2)11;1-3-2/h11H,5-6H2,1-4H3;3H2,1-2H3. The molecule has 0 aromatic carbocycles. The molecule has 0 bridgehead atoms. The van der Waals surface area contributed by atoms with Crippen LogP contribution in [0.25, 0.3) is 0 Å². The molecule has 0 atom stereocenters. The van der Waals surface area contributed by atoms with Crippen LogP contribution in [-0.4, -0.2) is 61.3 Å². The minimum absolute atomic E-state index is 0.0820. The van der Waals surface area contributed by atoms with E-state index in [4.69, 9.17) is 5.21 Å². The Morgan fingerprint density at radius 2 is 1.62 bits per heavy atom. The van der Waals surface area contributed by atoms with Crippen molar-refractivity contribution in [3.8, 4) is 0 Å². The van der Waals surface area contributed by atoms with Crippen molar-refractivity contribution < 1.29 is 14.6 Å². The summed E-state index contributed by atoms with van der Waals surface area (Å²) in [6.07, 6.45) is 1.63. The molecule has 0 aromatic rings. The minimum atomic E-state index is -2.13. The van der Waals surface area contributed by atoms with Crippen LogP contribution >= 0.6 is 7.14 Å². The molecule has 0 spiro atoms. The van der Waals surface area contributed by atoms with Gasteiger partial charge in [-0.1, -0.05) is 20.3 Å². The third-order valence-electron chi connectivity index (χ3n) is 1.35. The molecular weight excluding hydrogens is 227 g/mol. The van der Waals surface area contributed by atoms with Crippen LogP contribution in [0.4, 0.5) is 0 Å². The quantitative estimate of drug-likeness (QED) is 0.470. The molecule has 0 fully saturated rings. The highest BCUT2D eigenvalue weighted by molar-refractivity contribution is 7.62. The van der Waals surface area contributed by atoms with Crippen molar-refractivity contribution in [2.75, 3.05) is 40.3 Å². The normalized spacial score (nSPS) is 10.8. The first-order chi connectivity index (χ1) is 7.14. The number of hydrogen-bond donors (Lipinski definition) is 1. The third-order valence-corrected chi connectivity index (χ3v) is 2.51. The van der Waals surface area contributed by atoms with Crippen LogP contribution in [0, 0.1) is 0 Å². The zero-order chi connectivity index (χ0) is 13.4. The molecule has 0 heterocycles. The van der Waals surface area contributed by atoms with Gasteiger partial charge in [-0.25, -0.2) is 5.06 Å². The minimum Gasteiger partial charge on any atom is -0.323 e. The van der Waals surface area contributed by atoms with E-state index in [1.54, 1.807) is 25.3 Å². The fourth-order valence-electron chi connectivity index (χ4n) is 0.965. The predicted molar refractivity (Wildman–Crippen MR) is 67.5 cm³/mol. The molecule has 98 valence electrons. The monoisotopic (exact) mass is 252 g/mol. The van der Waals surface area contributed by atoms with Gasteiger partial charge in [0.2, 0.25) is 0 Å². The summed E-state index contributed by atoms with van der Waals surface area (Å²) in [6.45, 7) is 7.66. The Kier molecular flexibility index (Phi) is 9.83. The maximum atomic E-state index is 11.3. The summed E-state index contributed by atoms with van der Waals surface area (Å²) in [4.78, 5) is 12.6. The van der Waals surface area contributed by atoms with Crippen LogP contribution in [-0.2, 0) is 9.36 Å². The van der Waals surface area contributed by atoms with Gasteiger partial charge in [-0.05, 0) is 20.4 Å². The van der Waals surface area contributed by atoms with Gasteiger partial charge in [0.25, 0.3) is 5.91 Å². The van der Waals surface area contributed by atoms with Gasteiger partial charge in [-0.3, -0.25) is 14.9 Å². The number of likely N-dealkylation sites (N-methyl/N-ethyl adjacent to an activating group) is 2. The topological polar surface area (TPSA) is 60.9 Å². The molecule has 0 unspecified atom stereocenters. The Hall–Kier alpha value is -0.380. The largest absolute Gasteiger partial charge is 0.323 e. The number of hydroxylamine groups is 2. The summed E-state index contributed by atoms with van der Waals surface area (Å²) < 4.78 is 11.3. The van der Waals surface area contributed by atoms with Crippen LogP contribution < -0.4 is 0 Å². The molecule has 0 rings (SSSR count). The van der Waals surface area contributed by atoms with E-state index in [0.717, 1.165) is 0 Å². The summed E-state index contributed by atoms with van der Waals surface area (Å²) in [5, 5.41) is 9.29. The number of carbonyl (C=O) groups excluding carboxylic acids is 1. The van der Waals surface area contributed by atoms with E-state index in [0.29, 0.717) is 11.3 Å². The summed E-state index contributed by atoms with van der Waals surface area (Å²) in [5.74, 6) is -0.407. The lowest BCUT2D eigenvalue weighted by molar-refractivity contribution is -0.159. The third kappa shape index (κ3) is 13.6. The van der Waals surface area contributed by atoms with Crippen LogP contribution in [0.5, 0.6) is 0 Å². The summed E-state index contributed by atoms with van der Waals surface area (Å²) in [6, 6.07) is 0.